The molecule has 0 bridgehead atoms. The van der Waals surface area contributed by atoms with Gasteiger partial charge in [0, 0.05) is 30.1 Å². The average Bonchev–Trinajstić information content (AvgIpc) is 3.46. The van der Waals surface area contributed by atoms with Crippen LogP contribution in [-0.4, -0.2) is 39.8 Å². The molecule has 5 nitrogen and oxygen atoms in total. The highest BCUT2D eigenvalue weighted by Gasteiger charge is 2.55. The van der Waals surface area contributed by atoms with Gasteiger partial charge in [0.25, 0.3) is 5.91 Å². The molecule has 6 rings (SSSR count). The number of benzene rings is 2. The van der Waals surface area contributed by atoms with Crippen molar-refractivity contribution >= 4 is 5.91 Å². The van der Waals surface area contributed by atoms with E-state index in [9.17, 15) is 26.7 Å². The number of rotatable bonds is 5. The Kier molecular flexibility index (Phi) is 5.36. The minimum Gasteiger partial charge on any atom is -0.489 e. The Morgan fingerprint density at radius 1 is 1.03 bits per heavy atom. The van der Waals surface area contributed by atoms with Crippen LogP contribution in [0.25, 0.3) is 11.3 Å². The maximum absolute atomic E-state index is 13.7. The van der Waals surface area contributed by atoms with E-state index in [4.69, 9.17) is 4.74 Å². The number of nitrogens with zero attached hydrogens (tertiary/aromatic N) is 3. The molecule has 2 saturated carbocycles. The highest BCUT2D eigenvalue weighted by molar-refractivity contribution is 5.97. The number of aryl methyl sites for hydroxylation is 1. The molecule has 2 aromatic carbocycles. The molecule has 0 atom stereocenters. The third-order valence-corrected chi connectivity index (χ3v) is 7.51. The summed E-state index contributed by atoms with van der Waals surface area (Å²) in [5.41, 5.74) is 0.442. The van der Waals surface area contributed by atoms with Crippen LogP contribution in [0.3, 0.4) is 0 Å². The molecule has 10 heteroatoms. The third-order valence-electron chi connectivity index (χ3n) is 7.51. The lowest BCUT2D eigenvalue weighted by Gasteiger charge is -2.59. The number of hydrogen-bond acceptors (Lipinski definition) is 3. The van der Waals surface area contributed by atoms with Crippen LogP contribution in [0.2, 0.25) is 0 Å². The molecule has 3 aliphatic rings. The van der Waals surface area contributed by atoms with Gasteiger partial charge in [-0.1, -0.05) is 0 Å². The minimum atomic E-state index is -4.61. The van der Waals surface area contributed by atoms with Crippen molar-refractivity contribution in [1.82, 2.24) is 14.7 Å². The fourth-order valence-electron chi connectivity index (χ4n) is 5.51. The van der Waals surface area contributed by atoms with E-state index in [1.165, 1.54) is 41.1 Å². The number of amides is 1. The van der Waals surface area contributed by atoms with Crippen molar-refractivity contribution in [3.8, 4) is 17.0 Å². The number of alkyl halides is 3. The number of likely N-dealkylation sites (tertiary alicyclic amines) is 1. The Balaban J connectivity index is 1.18. The lowest BCUT2D eigenvalue weighted by atomic mass is 9.60. The van der Waals surface area contributed by atoms with E-state index in [1.807, 2.05) is 0 Å². The van der Waals surface area contributed by atoms with Crippen molar-refractivity contribution < 1.29 is 31.5 Å². The van der Waals surface area contributed by atoms with Crippen LogP contribution < -0.4 is 4.74 Å². The first-order valence-corrected chi connectivity index (χ1v) is 12.2. The highest BCUT2D eigenvalue weighted by atomic mass is 19.4. The number of ether oxygens (including phenoxy) is 1. The van der Waals surface area contributed by atoms with Gasteiger partial charge in [-0.05, 0) is 74.6 Å². The lowest BCUT2D eigenvalue weighted by Crippen LogP contribution is -2.63. The predicted octanol–water partition coefficient (Wildman–Crippen LogP) is 6.17. The topological polar surface area (TPSA) is 47.4 Å². The number of halogens is 5. The average molecular weight is 517 g/mol. The van der Waals surface area contributed by atoms with Gasteiger partial charge in [-0.2, -0.15) is 18.3 Å². The number of carbonyl (C=O) groups is 1. The van der Waals surface area contributed by atoms with E-state index in [2.05, 4.69) is 5.10 Å². The minimum absolute atomic E-state index is 0.0121. The molecule has 1 aliphatic heterocycles. The van der Waals surface area contributed by atoms with E-state index in [0.717, 1.165) is 18.9 Å². The van der Waals surface area contributed by atoms with Crippen molar-refractivity contribution in [3.05, 3.63) is 70.9 Å². The standard InChI is InChI=1S/C27H24F5N3O2/c1-15-8-16(28)2-6-20(15)22-10-24(27(30,31)32)33-35(22)18-11-26(12-18)13-34(14-26)25(36)21-7-3-17(29)9-23(21)37-19-4-5-19/h2-3,6-10,18-19H,4-5,11-14H2,1H3. The first-order valence-electron chi connectivity index (χ1n) is 12.2. The van der Waals surface area contributed by atoms with E-state index in [0.29, 0.717) is 48.3 Å². The van der Waals surface area contributed by atoms with E-state index in [-0.39, 0.29) is 29.2 Å². The van der Waals surface area contributed by atoms with Gasteiger partial charge in [0.2, 0.25) is 0 Å². The summed E-state index contributed by atoms with van der Waals surface area (Å²) in [7, 11) is 0. The summed E-state index contributed by atoms with van der Waals surface area (Å²) in [6.07, 6.45) is -1.71. The highest BCUT2D eigenvalue weighted by Crippen LogP contribution is 2.55. The molecule has 1 saturated heterocycles. The molecule has 3 aromatic rings. The van der Waals surface area contributed by atoms with Gasteiger partial charge in [-0.25, -0.2) is 8.78 Å². The molecular formula is C27H24F5N3O2. The predicted molar refractivity (Wildman–Crippen MR) is 124 cm³/mol. The summed E-state index contributed by atoms with van der Waals surface area (Å²) < 4.78 is 75.0. The SMILES string of the molecule is Cc1cc(F)ccc1-c1cc(C(F)(F)F)nn1C1CC2(C1)CN(C(=O)c1ccc(F)cc1OC1CC1)C2. The molecule has 0 N–H and O–H groups in total. The summed E-state index contributed by atoms with van der Waals surface area (Å²) in [6.45, 7) is 2.57. The number of hydrogen-bond donors (Lipinski definition) is 0. The van der Waals surface area contributed by atoms with Crippen LogP contribution in [0.4, 0.5) is 22.0 Å². The molecule has 1 spiro atoms. The van der Waals surface area contributed by atoms with Crippen molar-refractivity contribution in [1.29, 1.82) is 0 Å². The van der Waals surface area contributed by atoms with E-state index < -0.39 is 23.5 Å². The molecule has 1 aromatic heterocycles. The van der Waals surface area contributed by atoms with Gasteiger partial charge in [0.15, 0.2) is 5.69 Å². The fraction of sp³-hybridized carbons (Fsp3) is 0.407. The molecular weight excluding hydrogens is 493 g/mol. The van der Waals surface area contributed by atoms with Gasteiger partial charge >= 0.3 is 6.18 Å². The zero-order valence-electron chi connectivity index (χ0n) is 20.0. The summed E-state index contributed by atoms with van der Waals surface area (Å²) in [4.78, 5) is 14.8. The van der Waals surface area contributed by atoms with Crippen LogP contribution in [0.15, 0.2) is 42.5 Å². The van der Waals surface area contributed by atoms with Crippen LogP contribution in [0, 0.1) is 24.0 Å². The van der Waals surface area contributed by atoms with Crippen molar-refractivity contribution in [2.45, 2.75) is 50.9 Å². The molecule has 37 heavy (non-hydrogen) atoms. The molecule has 3 fully saturated rings. The Labute approximate surface area is 209 Å². The van der Waals surface area contributed by atoms with Crippen molar-refractivity contribution in [3.63, 3.8) is 0 Å². The van der Waals surface area contributed by atoms with Crippen LogP contribution >= 0.6 is 0 Å². The van der Waals surface area contributed by atoms with Gasteiger partial charge < -0.3 is 9.64 Å². The molecule has 0 radical (unpaired) electrons. The molecule has 0 unspecified atom stereocenters. The lowest BCUT2D eigenvalue weighted by molar-refractivity contribution is -0.142. The van der Waals surface area contributed by atoms with Crippen LogP contribution in [0.5, 0.6) is 5.75 Å². The van der Waals surface area contributed by atoms with Crippen molar-refractivity contribution in [2.75, 3.05) is 13.1 Å². The van der Waals surface area contributed by atoms with E-state index >= 15 is 0 Å². The zero-order valence-corrected chi connectivity index (χ0v) is 20.0. The molecule has 194 valence electrons. The van der Waals surface area contributed by atoms with Gasteiger partial charge in [0.1, 0.15) is 17.4 Å². The quantitative estimate of drug-likeness (QED) is 0.380. The van der Waals surface area contributed by atoms with E-state index in [1.54, 1.807) is 11.8 Å². The maximum Gasteiger partial charge on any atom is 0.435 e. The molecule has 2 heterocycles. The Bertz CT molecular complexity index is 1380. The maximum atomic E-state index is 13.7. The number of carbonyl (C=O) groups excluding carboxylic acids is 1. The van der Waals surface area contributed by atoms with Crippen LogP contribution in [-0.2, 0) is 6.18 Å². The second kappa shape index (κ2) is 8.29. The Hall–Kier alpha value is -3.43. The van der Waals surface area contributed by atoms with Gasteiger partial charge in [-0.15, -0.1) is 0 Å². The zero-order chi connectivity index (χ0) is 26.1. The molecule has 1 amide bonds. The molecule has 2 aliphatic carbocycles. The van der Waals surface area contributed by atoms with Gasteiger partial charge in [-0.3, -0.25) is 9.48 Å². The summed E-state index contributed by atoms with van der Waals surface area (Å²) in [5, 5.41) is 3.89. The number of aromatic nitrogens is 2. The first-order chi connectivity index (χ1) is 17.5. The second-order valence-electron chi connectivity index (χ2n) is 10.5. The Morgan fingerprint density at radius 3 is 2.35 bits per heavy atom. The van der Waals surface area contributed by atoms with Crippen LogP contribution in [0.1, 0.15) is 53.3 Å². The van der Waals surface area contributed by atoms with Gasteiger partial charge in [0.05, 0.1) is 23.4 Å². The summed E-state index contributed by atoms with van der Waals surface area (Å²) in [6, 6.07) is 8.62. The first kappa shape index (κ1) is 23.9. The second-order valence-corrected chi connectivity index (χ2v) is 10.5. The monoisotopic (exact) mass is 517 g/mol. The fourth-order valence-corrected chi connectivity index (χ4v) is 5.51. The normalized spacial score (nSPS) is 19.0. The third kappa shape index (κ3) is 4.36. The van der Waals surface area contributed by atoms with Crippen molar-refractivity contribution in [2.24, 2.45) is 5.41 Å². The summed E-state index contributed by atoms with van der Waals surface area (Å²) in [5.74, 6) is -0.933. The largest absolute Gasteiger partial charge is 0.489 e. The summed E-state index contributed by atoms with van der Waals surface area (Å²) >= 11 is 0. The smallest absolute Gasteiger partial charge is 0.435 e. The Morgan fingerprint density at radius 2 is 1.70 bits per heavy atom.